The van der Waals surface area contributed by atoms with Gasteiger partial charge in [0, 0.05) is 5.92 Å². The van der Waals surface area contributed by atoms with Crippen LogP contribution in [0.2, 0.25) is 0 Å². The summed E-state index contributed by atoms with van der Waals surface area (Å²) in [7, 11) is 0. The van der Waals surface area contributed by atoms with Crippen molar-refractivity contribution in [2.45, 2.75) is 18.1 Å². The zero-order chi connectivity index (χ0) is 11.7. The zero-order valence-electron chi connectivity index (χ0n) is 9.62. The number of rotatable bonds is 1. The Hall–Kier alpha value is -0.970. The fraction of sp³-hybridized carbons (Fsp3) is 0.538. The number of nitrogens with one attached hydrogen (secondary N) is 1. The molecule has 2 fully saturated rings. The van der Waals surface area contributed by atoms with Gasteiger partial charge in [0.1, 0.15) is 5.82 Å². The van der Waals surface area contributed by atoms with Gasteiger partial charge in [0.05, 0.1) is 19.8 Å². The summed E-state index contributed by atoms with van der Waals surface area (Å²) in [5.41, 5.74) is 1.09. The van der Waals surface area contributed by atoms with E-state index < -0.39 is 5.79 Å². The molecule has 1 aromatic rings. The first-order valence-electron chi connectivity index (χ1n) is 6.04. The van der Waals surface area contributed by atoms with Crippen molar-refractivity contribution >= 4 is 0 Å². The minimum absolute atomic E-state index is 0.187. The van der Waals surface area contributed by atoms with Crippen LogP contribution >= 0.6 is 0 Å². The maximum absolute atomic E-state index is 12.9. The molecule has 3 rings (SSSR count). The van der Waals surface area contributed by atoms with E-state index in [9.17, 15) is 4.39 Å². The van der Waals surface area contributed by atoms with E-state index in [1.807, 2.05) is 12.1 Å². The number of piperidine rings is 1. The maximum Gasteiger partial charge on any atom is 0.187 e. The summed E-state index contributed by atoms with van der Waals surface area (Å²) in [6.45, 7) is 2.92. The van der Waals surface area contributed by atoms with Gasteiger partial charge in [0.2, 0.25) is 0 Å². The van der Waals surface area contributed by atoms with Crippen LogP contribution in [0.4, 0.5) is 4.39 Å². The molecule has 2 aliphatic heterocycles. The van der Waals surface area contributed by atoms with Crippen LogP contribution in [0.25, 0.3) is 0 Å². The van der Waals surface area contributed by atoms with Crippen molar-refractivity contribution in [1.82, 2.24) is 5.32 Å². The van der Waals surface area contributed by atoms with Gasteiger partial charge in [0.15, 0.2) is 5.79 Å². The van der Waals surface area contributed by atoms with Crippen molar-refractivity contribution in [3.05, 3.63) is 35.6 Å². The average molecular weight is 237 g/mol. The van der Waals surface area contributed by atoms with Gasteiger partial charge in [-0.3, -0.25) is 0 Å². The van der Waals surface area contributed by atoms with Crippen LogP contribution in [0, 0.1) is 5.82 Å². The van der Waals surface area contributed by atoms with E-state index in [-0.39, 0.29) is 11.7 Å². The third-order valence-corrected chi connectivity index (χ3v) is 3.56. The second-order valence-electron chi connectivity index (χ2n) is 4.58. The lowest BCUT2D eigenvalue weighted by molar-refractivity contribution is -0.181. The average Bonchev–Trinajstić information content (AvgIpc) is 2.80. The summed E-state index contributed by atoms with van der Waals surface area (Å²) in [6.07, 6.45) is 0.950. The van der Waals surface area contributed by atoms with Crippen LogP contribution in [-0.2, 0) is 9.47 Å². The van der Waals surface area contributed by atoms with Crippen molar-refractivity contribution in [3.8, 4) is 0 Å². The molecule has 1 atom stereocenters. The molecule has 1 aromatic carbocycles. The number of ether oxygens (including phenoxy) is 2. The summed E-state index contributed by atoms with van der Waals surface area (Å²) in [5, 5.41) is 3.30. The molecule has 0 saturated carbocycles. The smallest absolute Gasteiger partial charge is 0.187 e. The predicted octanol–water partition coefficient (Wildman–Crippen LogP) is 1.65. The van der Waals surface area contributed by atoms with Crippen molar-refractivity contribution in [2.24, 2.45) is 0 Å². The fourth-order valence-electron chi connectivity index (χ4n) is 2.74. The van der Waals surface area contributed by atoms with E-state index in [0.29, 0.717) is 19.8 Å². The molecule has 3 nitrogen and oxygen atoms in total. The SMILES string of the molecule is Fc1ccc(C2CCNCC23OCCO3)cc1. The molecule has 0 radical (unpaired) electrons. The number of hydrogen-bond acceptors (Lipinski definition) is 3. The van der Waals surface area contributed by atoms with Crippen LogP contribution in [0.5, 0.6) is 0 Å². The monoisotopic (exact) mass is 237 g/mol. The Labute approximate surface area is 99.9 Å². The summed E-state index contributed by atoms with van der Waals surface area (Å²) in [4.78, 5) is 0. The lowest BCUT2D eigenvalue weighted by atomic mass is 9.85. The molecular formula is C13H16FNO2. The number of hydrogen-bond donors (Lipinski definition) is 1. The summed E-state index contributed by atoms with van der Waals surface area (Å²) in [6, 6.07) is 6.66. The van der Waals surface area contributed by atoms with Gasteiger partial charge in [-0.2, -0.15) is 0 Å². The first-order chi connectivity index (χ1) is 8.30. The third kappa shape index (κ3) is 1.97. The van der Waals surface area contributed by atoms with Gasteiger partial charge >= 0.3 is 0 Å². The highest BCUT2D eigenvalue weighted by Gasteiger charge is 2.46. The molecule has 1 unspecified atom stereocenters. The lowest BCUT2D eigenvalue weighted by Gasteiger charge is -2.39. The van der Waals surface area contributed by atoms with E-state index in [1.165, 1.54) is 12.1 Å². The Morgan fingerprint density at radius 1 is 1.18 bits per heavy atom. The molecule has 17 heavy (non-hydrogen) atoms. The quantitative estimate of drug-likeness (QED) is 0.805. The standard InChI is InChI=1S/C13H16FNO2/c14-11-3-1-10(2-4-11)12-5-6-15-9-13(12)16-7-8-17-13/h1-4,12,15H,5-9H2. The lowest BCUT2D eigenvalue weighted by Crippen LogP contribution is -2.51. The van der Waals surface area contributed by atoms with Gasteiger partial charge in [-0.15, -0.1) is 0 Å². The highest BCUT2D eigenvalue weighted by Crippen LogP contribution is 2.39. The molecule has 2 aliphatic rings. The van der Waals surface area contributed by atoms with Crippen LogP contribution in [0.15, 0.2) is 24.3 Å². The summed E-state index contributed by atoms with van der Waals surface area (Å²) in [5.74, 6) is -0.562. The van der Waals surface area contributed by atoms with E-state index >= 15 is 0 Å². The van der Waals surface area contributed by atoms with E-state index in [1.54, 1.807) is 0 Å². The highest BCUT2D eigenvalue weighted by molar-refractivity contribution is 5.24. The highest BCUT2D eigenvalue weighted by atomic mass is 19.1. The molecular weight excluding hydrogens is 221 g/mol. The molecule has 0 bridgehead atoms. The molecule has 0 amide bonds. The molecule has 0 aromatic heterocycles. The Morgan fingerprint density at radius 2 is 1.88 bits per heavy atom. The minimum Gasteiger partial charge on any atom is -0.346 e. The van der Waals surface area contributed by atoms with Crippen molar-refractivity contribution < 1.29 is 13.9 Å². The van der Waals surface area contributed by atoms with Crippen molar-refractivity contribution in [2.75, 3.05) is 26.3 Å². The van der Waals surface area contributed by atoms with Gasteiger partial charge in [-0.05, 0) is 30.7 Å². The molecule has 2 saturated heterocycles. The van der Waals surface area contributed by atoms with Gasteiger partial charge < -0.3 is 14.8 Å². The van der Waals surface area contributed by atoms with E-state index in [2.05, 4.69) is 5.32 Å². The molecule has 1 N–H and O–H groups in total. The zero-order valence-corrected chi connectivity index (χ0v) is 9.62. The Balaban J connectivity index is 1.91. The molecule has 4 heteroatoms. The molecule has 92 valence electrons. The normalized spacial score (nSPS) is 27.5. The summed E-state index contributed by atoms with van der Waals surface area (Å²) < 4.78 is 24.5. The van der Waals surface area contributed by atoms with Crippen LogP contribution in [-0.4, -0.2) is 32.1 Å². The van der Waals surface area contributed by atoms with E-state index in [0.717, 1.165) is 18.5 Å². The second kappa shape index (κ2) is 4.37. The predicted molar refractivity (Wildman–Crippen MR) is 61.3 cm³/mol. The molecule has 1 spiro atoms. The second-order valence-corrected chi connectivity index (χ2v) is 4.58. The number of benzene rings is 1. The van der Waals surface area contributed by atoms with Gasteiger partial charge in [-0.1, -0.05) is 12.1 Å². The van der Waals surface area contributed by atoms with Gasteiger partial charge in [0.25, 0.3) is 0 Å². The van der Waals surface area contributed by atoms with Gasteiger partial charge in [-0.25, -0.2) is 4.39 Å². The van der Waals surface area contributed by atoms with Crippen molar-refractivity contribution in [1.29, 1.82) is 0 Å². The minimum atomic E-state index is -0.546. The van der Waals surface area contributed by atoms with Crippen LogP contribution in [0.1, 0.15) is 17.9 Å². The first-order valence-corrected chi connectivity index (χ1v) is 6.04. The Bertz CT molecular complexity index is 387. The third-order valence-electron chi connectivity index (χ3n) is 3.56. The van der Waals surface area contributed by atoms with Crippen molar-refractivity contribution in [3.63, 3.8) is 0 Å². The van der Waals surface area contributed by atoms with E-state index in [4.69, 9.17) is 9.47 Å². The Morgan fingerprint density at radius 3 is 2.59 bits per heavy atom. The van der Waals surface area contributed by atoms with Crippen LogP contribution < -0.4 is 5.32 Å². The molecule has 2 heterocycles. The molecule has 0 aliphatic carbocycles. The van der Waals surface area contributed by atoms with Crippen LogP contribution in [0.3, 0.4) is 0 Å². The fourth-order valence-corrected chi connectivity index (χ4v) is 2.74. The maximum atomic E-state index is 12.9. The topological polar surface area (TPSA) is 30.5 Å². The largest absolute Gasteiger partial charge is 0.346 e. The number of halogens is 1. The summed E-state index contributed by atoms with van der Waals surface area (Å²) >= 11 is 0. The first kappa shape index (κ1) is 11.1. The Kier molecular flexibility index (Phi) is 2.86.